The highest BCUT2D eigenvalue weighted by Gasteiger charge is 2.32. The number of pyridine rings is 1. The van der Waals surface area contributed by atoms with E-state index < -0.39 is 0 Å². The number of fused-ring (bicyclic) bond motifs is 1. The third-order valence-corrected chi connectivity index (χ3v) is 5.90. The van der Waals surface area contributed by atoms with Crippen LogP contribution in [0.3, 0.4) is 0 Å². The van der Waals surface area contributed by atoms with Crippen LogP contribution in [0.5, 0.6) is 11.9 Å². The summed E-state index contributed by atoms with van der Waals surface area (Å²) in [4.78, 5) is 29.8. The van der Waals surface area contributed by atoms with Gasteiger partial charge in [0.2, 0.25) is 11.8 Å². The molecule has 0 aromatic carbocycles. The normalized spacial score (nSPS) is 16.8. The largest absolute Gasteiger partial charge is 0.474 e. The Hall–Kier alpha value is -2.98. The molecule has 1 amide bonds. The molecule has 0 unspecified atom stereocenters. The second-order valence-corrected chi connectivity index (χ2v) is 8.36. The van der Waals surface area contributed by atoms with E-state index in [1.807, 2.05) is 12.1 Å². The van der Waals surface area contributed by atoms with Gasteiger partial charge in [-0.25, -0.2) is 4.98 Å². The number of hydrogen-bond donors (Lipinski definition) is 1. The zero-order valence-corrected chi connectivity index (χ0v) is 19.3. The van der Waals surface area contributed by atoms with Gasteiger partial charge in [-0.15, -0.1) is 0 Å². The smallest absolute Gasteiger partial charge is 0.320 e. The fourth-order valence-electron chi connectivity index (χ4n) is 4.16. The van der Waals surface area contributed by atoms with Crippen molar-refractivity contribution >= 4 is 17.5 Å². The molecule has 0 spiro atoms. The van der Waals surface area contributed by atoms with Crippen molar-refractivity contribution in [2.24, 2.45) is 0 Å². The standard InChI is InChI=1S/C23H32N6O4/c1-3-8-28-9-6-17(7-10-28)33-19-5-4-16(14-25-19)15-29-20(30)13-18-21(24)26-23(27-22(18)29)32-12-11-31-2/h4-5,14,17H,3,6-13,15H2,1-2H3,(H2,24,26,27). The molecule has 0 bridgehead atoms. The molecule has 1 fully saturated rings. The van der Waals surface area contributed by atoms with Gasteiger partial charge in [0.15, 0.2) is 0 Å². The summed E-state index contributed by atoms with van der Waals surface area (Å²) in [6, 6.07) is 3.93. The minimum absolute atomic E-state index is 0.0841. The molecule has 2 N–H and O–H groups in total. The van der Waals surface area contributed by atoms with Gasteiger partial charge in [-0.1, -0.05) is 13.0 Å². The lowest BCUT2D eigenvalue weighted by Crippen LogP contribution is -2.38. The number of nitrogens with zero attached hydrogens (tertiary/aromatic N) is 5. The number of amides is 1. The lowest BCUT2D eigenvalue weighted by molar-refractivity contribution is -0.117. The zero-order valence-electron chi connectivity index (χ0n) is 19.3. The van der Waals surface area contributed by atoms with Gasteiger partial charge in [-0.3, -0.25) is 9.69 Å². The number of nitrogens with two attached hydrogens (primary N) is 1. The number of hydrogen-bond acceptors (Lipinski definition) is 9. The number of anilines is 2. The summed E-state index contributed by atoms with van der Waals surface area (Å²) in [6.45, 7) is 6.52. The van der Waals surface area contributed by atoms with Crippen LogP contribution in [0.15, 0.2) is 18.3 Å². The number of nitrogen functional groups attached to an aromatic ring is 1. The van der Waals surface area contributed by atoms with Gasteiger partial charge in [-0.05, 0) is 31.4 Å². The number of carbonyl (C=O) groups is 1. The predicted molar refractivity (Wildman–Crippen MR) is 123 cm³/mol. The fraction of sp³-hybridized carbons (Fsp3) is 0.565. The molecule has 4 heterocycles. The maximum atomic E-state index is 12.7. The molecule has 178 valence electrons. The third-order valence-electron chi connectivity index (χ3n) is 5.90. The van der Waals surface area contributed by atoms with Crippen LogP contribution < -0.4 is 20.1 Å². The molecule has 2 aliphatic rings. The van der Waals surface area contributed by atoms with Gasteiger partial charge in [0, 0.05) is 38.0 Å². The highest BCUT2D eigenvalue weighted by atomic mass is 16.5. The molecule has 33 heavy (non-hydrogen) atoms. The van der Waals surface area contributed by atoms with Crippen molar-refractivity contribution in [2.45, 2.75) is 45.3 Å². The topological polar surface area (TPSA) is 116 Å². The van der Waals surface area contributed by atoms with Gasteiger partial charge in [0.1, 0.15) is 24.3 Å². The van der Waals surface area contributed by atoms with Crippen LogP contribution in [0.25, 0.3) is 0 Å². The van der Waals surface area contributed by atoms with Crippen molar-refractivity contribution in [3.05, 3.63) is 29.5 Å². The van der Waals surface area contributed by atoms with Gasteiger partial charge in [0.05, 0.1) is 19.6 Å². The Labute approximate surface area is 194 Å². The van der Waals surface area contributed by atoms with Crippen LogP contribution in [0, 0.1) is 0 Å². The molecule has 4 rings (SSSR count). The van der Waals surface area contributed by atoms with E-state index in [-0.39, 0.29) is 30.3 Å². The molecule has 0 radical (unpaired) electrons. The first kappa shape index (κ1) is 23.2. The summed E-state index contributed by atoms with van der Waals surface area (Å²) in [5, 5.41) is 0. The zero-order chi connectivity index (χ0) is 23.2. The number of ether oxygens (including phenoxy) is 3. The Bertz CT molecular complexity index is 947. The van der Waals surface area contributed by atoms with Crippen molar-refractivity contribution in [1.82, 2.24) is 19.9 Å². The van der Waals surface area contributed by atoms with Crippen molar-refractivity contribution in [3.63, 3.8) is 0 Å². The van der Waals surface area contributed by atoms with Crippen molar-refractivity contribution < 1.29 is 19.0 Å². The lowest BCUT2D eigenvalue weighted by Gasteiger charge is -2.31. The molecule has 0 atom stereocenters. The Morgan fingerprint density at radius 1 is 1.18 bits per heavy atom. The molecule has 10 nitrogen and oxygen atoms in total. The monoisotopic (exact) mass is 456 g/mol. The quantitative estimate of drug-likeness (QED) is 0.534. The van der Waals surface area contributed by atoms with E-state index in [9.17, 15) is 4.79 Å². The summed E-state index contributed by atoms with van der Waals surface area (Å²) in [5.41, 5.74) is 7.56. The Morgan fingerprint density at radius 2 is 2.00 bits per heavy atom. The van der Waals surface area contributed by atoms with E-state index in [0.717, 1.165) is 38.0 Å². The minimum atomic E-state index is -0.0841. The highest BCUT2D eigenvalue weighted by molar-refractivity contribution is 6.01. The summed E-state index contributed by atoms with van der Waals surface area (Å²) in [5.74, 6) is 1.27. The fourth-order valence-corrected chi connectivity index (χ4v) is 4.16. The first-order valence-corrected chi connectivity index (χ1v) is 11.5. The number of carbonyl (C=O) groups excluding carboxylic acids is 1. The van der Waals surface area contributed by atoms with E-state index in [0.29, 0.717) is 37.0 Å². The number of likely N-dealkylation sites (tertiary alicyclic amines) is 1. The van der Waals surface area contributed by atoms with Crippen LogP contribution in [-0.2, 0) is 22.5 Å². The first-order valence-electron chi connectivity index (χ1n) is 11.5. The summed E-state index contributed by atoms with van der Waals surface area (Å²) < 4.78 is 16.6. The van der Waals surface area contributed by atoms with Crippen LogP contribution in [0.2, 0.25) is 0 Å². The number of methoxy groups -OCH3 is 1. The van der Waals surface area contributed by atoms with Gasteiger partial charge >= 0.3 is 6.01 Å². The summed E-state index contributed by atoms with van der Waals surface area (Å²) >= 11 is 0. The lowest BCUT2D eigenvalue weighted by atomic mass is 10.1. The molecule has 2 aromatic rings. The third kappa shape index (κ3) is 5.69. The number of aromatic nitrogens is 3. The average molecular weight is 457 g/mol. The van der Waals surface area contributed by atoms with Crippen LogP contribution in [0.4, 0.5) is 11.6 Å². The summed E-state index contributed by atoms with van der Waals surface area (Å²) in [7, 11) is 1.59. The van der Waals surface area contributed by atoms with Crippen molar-refractivity contribution in [1.29, 1.82) is 0 Å². The van der Waals surface area contributed by atoms with Crippen LogP contribution in [-0.4, -0.2) is 71.8 Å². The maximum absolute atomic E-state index is 12.7. The molecular weight excluding hydrogens is 424 g/mol. The van der Waals surface area contributed by atoms with Gasteiger partial charge < -0.3 is 24.8 Å². The second-order valence-electron chi connectivity index (χ2n) is 8.36. The molecule has 10 heteroatoms. The van der Waals surface area contributed by atoms with E-state index >= 15 is 0 Å². The second kappa shape index (κ2) is 10.8. The average Bonchev–Trinajstić information content (AvgIpc) is 3.12. The van der Waals surface area contributed by atoms with E-state index in [1.54, 1.807) is 18.2 Å². The Kier molecular flexibility index (Phi) is 7.56. The summed E-state index contributed by atoms with van der Waals surface area (Å²) in [6.07, 6.45) is 5.31. The first-order chi connectivity index (χ1) is 16.1. The van der Waals surface area contributed by atoms with Gasteiger partial charge in [0.25, 0.3) is 0 Å². The van der Waals surface area contributed by atoms with Crippen LogP contribution >= 0.6 is 0 Å². The van der Waals surface area contributed by atoms with Crippen LogP contribution in [0.1, 0.15) is 37.3 Å². The maximum Gasteiger partial charge on any atom is 0.320 e. The molecule has 0 aliphatic carbocycles. The Morgan fingerprint density at radius 3 is 2.70 bits per heavy atom. The van der Waals surface area contributed by atoms with E-state index in [1.165, 1.54) is 6.42 Å². The Balaban J connectivity index is 1.38. The van der Waals surface area contributed by atoms with Gasteiger partial charge in [-0.2, -0.15) is 9.97 Å². The van der Waals surface area contributed by atoms with E-state index in [2.05, 4.69) is 26.8 Å². The number of rotatable bonds is 10. The highest BCUT2D eigenvalue weighted by Crippen LogP contribution is 2.33. The molecule has 0 saturated carbocycles. The minimum Gasteiger partial charge on any atom is -0.474 e. The molecule has 2 aromatic heterocycles. The molecule has 1 saturated heterocycles. The molecular formula is C23H32N6O4. The predicted octanol–water partition coefficient (Wildman–Crippen LogP) is 1.82. The van der Waals surface area contributed by atoms with Crippen molar-refractivity contribution in [2.75, 3.05) is 50.6 Å². The van der Waals surface area contributed by atoms with E-state index in [4.69, 9.17) is 19.9 Å². The molecule has 2 aliphatic heterocycles. The van der Waals surface area contributed by atoms with Crippen molar-refractivity contribution in [3.8, 4) is 11.9 Å². The number of piperidine rings is 1. The SMILES string of the molecule is CCCN1CCC(Oc2ccc(CN3C(=O)Cc4c(N)nc(OCCOC)nc43)cn2)CC1.